The standard InChI is InChI=1S/C22H29N3O/c1-17-7-6-11-25(14-17)22(26)21-13-19-16-24(12-10-20(19)23(21)2)15-18-8-4-3-5-9-18/h3-5,8-9,13,17H,6-7,10-12,14-16H2,1-2H3/t17-/m0/s1. The fraction of sp³-hybridized carbons (Fsp3) is 0.500. The molecule has 26 heavy (non-hydrogen) atoms. The number of nitrogens with zero attached hydrogens (tertiary/aromatic N) is 3. The number of amides is 1. The minimum Gasteiger partial charge on any atom is -0.343 e. The molecule has 1 aromatic heterocycles. The first-order chi connectivity index (χ1) is 12.6. The van der Waals surface area contributed by atoms with Gasteiger partial charge >= 0.3 is 0 Å². The van der Waals surface area contributed by atoms with Crippen LogP contribution in [-0.4, -0.2) is 39.9 Å². The minimum atomic E-state index is 0.211. The van der Waals surface area contributed by atoms with Crippen LogP contribution in [0.25, 0.3) is 0 Å². The number of hydrogen-bond donors (Lipinski definition) is 0. The third-order valence-corrected chi connectivity index (χ3v) is 5.92. The van der Waals surface area contributed by atoms with Gasteiger partial charge in [0.1, 0.15) is 5.69 Å². The number of carbonyl (C=O) groups is 1. The second-order valence-corrected chi connectivity index (χ2v) is 8.01. The first-order valence-electron chi connectivity index (χ1n) is 9.85. The second-order valence-electron chi connectivity index (χ2n) is 8.01. The average molecular weight is 351 g/mol. The lowest BCUT2D eigenvalue weighted by atomic mass is 10.00. The molecule has 0 N–H and O–H groups in total. The number of carbonyl (C=O) groups excluding carboxylic acids is 1. The number of rotatable bonds is 3. The van der Waals surface area contributed by atoms with Crippen molar-refractivity contribution in [3.8, 4) is 0 Å². The predicted molar refractivity (Wildman–Crippen MR) is 104 cm³/mol. The molecule has 1 fully saturated rings. The van der Waals surface area contributed by atoms with E-state index >= 15 is 0 Å². The van der Waals surface area contributed by atoms with Crippen molar-refractivity contribution in [1.82, 2.24) is 14.4 Å². The Kier molecular flexibility index (Phi) is 4.86. The van der Waals surface area contributed by atoms with Crippen LogP contribution in [0.3, 0.4) is 0 Å². The lowest BCUT2D eigenvalue weighted by molar-refractivity contribution is 0.0673. The van der Waals surface area contributed by atoms with E-state index in [9.17, 15) is 4.79 Å². The third kappa shape index (κ3) is 3.43. The second kappa shape index (κ2) is 7.28. The molecule has 0 bridgehead atoms. The van der Waals surface area contributed by atoms with Gasteiger partial charge in [0, 0.05) is 51.9 Å². The van der Waals surface area contributed by atoms with Crippen LogP contribution in [-0.2, 0) is 26.6 Å². The number of fused-ring (bicyclic) bond motifs is 1. The normalized spacial score (nSPS) is 20.8. The van der Waals surface area contributed by atoms with E-state index in [-0.39, 0.29) is 5.91 Å². The largest absolute Gasteiger partial charge is 0.343 e. The van der Waals surface area contributed by atoms with E-state index in [0.29, 0.717) is 5.92 Å². The molecule has 0 aliphatic carbocycles. The van der Waals surface area contributed by atoms with E-state index in [0.717, 1.165) is 51.3 Å². The molecular formula is C22H29N3O. The fourth-order valence-corrected chi connectivity index (χ4v) is 4.47. The maximum atomic E-state index is 13.0. The molecule has 1 aromatic carbocycles. The highest BCUT2D eigenvalue weighted by Gasteiger charge is 2.28. The Bertz CT molecular complexity index is 780. The summed E-state index contributed by atoms with van der Waals surface area (Å²) in [6.45, 7) is 7.00. The van der Waals surface area contributed by atoms with Gasteiger partial charge in [-0.2, -0.15) is 0 Å². The summed E-state index contributed by atoms with van der Waals surface area (Å²) in [5.41, 5.74) is 4.88. The molecule has 138 valence electrons. The fourth-order valence-electron chi connectivity index (χ4n) is 4.47. The van der Waals surface area contributed by atoms with Gasteiger partial charge in [-0.15, -0.1) is 0 Å². The van der Waals surface area contributed by atoms with Crippen LogP contribution in [0.2, 0.25) is 0 Å². The Labute approximate surface area is 156 Å². The third-order valence-electron chi connectivity index (χ3n) is 5.92. The molecule has 0 unspecified atom stereocenters. The Morgan fingerprint density at radius 1 is 1.19 bits per heavy atom. The quantitative estimate of drug-likeness (QED) is 0.847. The lowest BCUT2D eigenvalue weighted by Crippen LogP contribution is -2.39. The van der Waals surface area contributed by atoms with Gasteiger partial charge in [-0.25, -0.2) is 0 Å². The van der Waals surface area contributed by atoms with Crippen molar-refractivity contribution in [2.45, 2.75) is 39.3 Å². The van der Waals surface area contributed by atoms with Crippen molar-refractivity contribution < 1.29 is 4.79 Å². The van der Waals surface area contributed by atoms with Crippen molar-refractivity contribution in [3.63, 3.8) is 0 Å². The maximum absolute atomic E-state index is 13.0. The SMILES string of the molecule is C[C@H]1CCCN(C(=O)c2cc3c(n2C)CCN(Cc2ccccc2)C3)C1. The molecule has 0 saturated carbocycles. The zero-order valence-corrected chi connectivity index (χ0v) is 15.9. The van der Waals surface area contributed by atoms with Gasteiger partial charge in [0.25, 0.3) is 5.91 Å². The molecule has 2 aliphatic rings. The first kappa shape index (κ1) is 17.3. The molecule has 4 heteroatoms. The molecule has 4 rings (SSSR count). The lowest BCUT2D eigenvalue weighted by Gasteiger charge is -2.31. The minimum absolute atomic E-state index is 0.211. The Balaban J connectivity index is 1.50. The monoisotopic (exact) mass is 351 g/mol. The van der Waals surface area contributed by atoms with Crippen LogP contribution in [0, 0.1) is 5.92 Å². The number of piperidine rings is 1. The smallest absolute Gasteiger partial charge is 0.270 e. The van der Waals surface area contributed by atoms with Crippen molar-refractivity contribution in [2.75, 3.05) is 19.6 Å². The van der Waals surface area contributed by atoms with Crippen molar-refractivity contribution >= 4 is 5.91 Å². The summed E-state index contributed by atoms with van der Waals surface area (Å²) in [6.07, 6.45) is 3.38. The number of benzene rings is 1. The van der Waals surface area contributed by atoms with E-state index in [1.807, 2.05) is 0 Å². The van der Waals surface area contributed by atoms with E-state index < -0.39 is 0 Å². The first-order valence-corrected chi connectivity index (χ1v) is 9.85. The van der Waals surface area contributed by atoms with Gasteiger partial charge in [-0.1, -0.05) is 37.3 Å². The molecule has 0 radical (unpaired) electrons. The van der Waals surface area contributed by atoms with E-state index in [1.54, 1.807) is 0 Å². The topological polar surface area (TPSA) is 28.5 Å². The molecule has 3 heterocycles. The van der Waals surface area contributed by atoms with Crippen molar-refractivity contribution in [2.24, 2.45) is 13.0 Å². The summed E-state index contributed by atoms with van der Waals surface area (Å²) in [6, 6.07) is 12.8. The van der Waals surface area contributed by atoms with Crippen LogP contribution in [0.4, 0.5) is 0 Å². The molecule has 1 atom stereocenters. The summed E-state index contributed by atoms with van der Waals surface area (Å²) >= 11 is 0. The predicted octanol–water partition coefficient (Wildman–Crippen LogP) is 3.46. The van der Waals surface area contributed by atoms with Crippen LogP contribution in [0.1, 0.15) is 47.1 Å². The van der Waals surface area contributed by atoms with Crippen molar-refractivity contribution in [1.29, 1.82) is 0 Å². The molecule has 0 spiro atoms. The number of likely N-dealkylation sites (tertiary alicyclic amines) is 1. The van der Waals surface area contributed by atoms with Crippen LogP contribution in [0.5, 0.6) is 0 Å². The molecule has 1 amide bonds. The number of hydrogen-bond acceptors (Lipinski definition) is 2. The zero-order chi connectivity index (χ0) is 18.1. The van der Waals surface area contributed by atoms with Crippen LogP contribution < -0.4 is 0 Å². The summed E-state index contributed by atoms with van der Waals surface area (Å²) in [7, 11) is 2.06. The Hall–Kier alpha value is -2.07. The summed E-state index contributed by atoms with van der Waals surface area (Å²) in [4.78, 5) is 17.6. The molecule has 1 saturated heterocycles. The van der Waals surface area contributed by atoms with Gasteiger partial charge in [-0.3, -0.25) is 9.69 Å². The van der Waals surface area contributed by atoms with Crippen LogP contribution >= 0.6 is 0 Å². The Morgan fingerprint density at radius 2 is 2.00 bits per heavy atom. The van der Waals surface area contributed by atoms with Gasteiger partial charge in [0.15, 0.2) is 0 Å². The zero-order valence-electron chi connectivity index (χ0n) is 15.9. The highest BCUT2D eigenvalue weighted by molar-refractivity contribution is 5.93. The summed E-state index contributed by atoms with van der Waals surface area (Å²) in [5.74, 6) is 0.826. The maximum Gasteiger partial charge on any atom is 0.270 e. The molecule has 2 aromatic rings. The van der Waals surface area contributed by atoms with Crippen LogP contribution in [0.15, 0.2) is 36.4 Å². The van der Waals surface area contributed by atoms with Gasteiger partial charge < -0.3 is 9.47 Å². The average Bonchev–Trinajstić information content (AvgIpc) is 2.98. The molecule has 4 nitrogen and oxygen atoms in total. The summed E-state index contributed by atoms with van der Waals surface area (Å²) in [5, 5.41) is 0. The highest BCUT2D eigenvalue weighted by Crippen LogP contribution is 2.26. The number of aromatic nitrogens is 1. The van der Waals surface area contributed by atoms with Gasteiger partial charge in [0.2, 0.25) is 0 Å². The highest BCUT2D eigenvalue weighted by atomic mass is 16.2. The van der Waals surface area contributed by atoms with Crippen molar-refractivity contribution in [3.05, 3.63) is 58.9 Å². The Morgan fingerprint density at radius 3 is 2.77 bits per heavy atom. The summed E-state index contributed by atoms with van der Waals surface area (Å²) < 4.78 is 2.15. The molecule has 2 aliphatic heterocycles. The van der Waals surface area contributed by atoms with Gasteiger partial charge in [-0.05, 0) is 36.0 Å². The van der Waals surface area contributed by atoms with Gasteiger partial charge in [0.05, 0.1) is 0 Å². The van der Waals surface area contributed by atoms with E-state index in [1.165, 1.54) is 23.2 Å². The molecular weight excluding hydrogens is 322 g/mol. The van der Waals surface area contributed by atoms with E-state index in [2.05, 4.69) is 64.7 Å². The van der Waals surface area contributed by atoms with E-state index in [4.69, 9.17) is 0 Å².